The van der Waals surface area contributed by atoms with E-state index in [4.69, 9.17) is 0 Å². The Kier molecular flexibility index (Phi) is 3.51. The van der Waals surface area contributed by atoms with Gasteiger partial charge in [-0.3, -0.25) is 0 Å². The summed E-state index contributed by atoms with van der Waals surface area (Å²) >= 11 is 1.51. The second-order valence-electron chi connectivity index (χ2n) is 4.65. The van der Waals surface area contributed by atoms with Gasteiger partial charge < -0.3 is 5.11 Å². The second kappa shape index (κ2) is 5.31. The van der Waals surface area contributed by atoms with Crippen LogP contribution in [0.15, 0.2) is 48.5 Å². The van der Waals surface area contributed by atoms with Crippen LogP contribution in [-0.4, -0.2) is 5.11 Å². The van der Waals surface area contributed by atoms with E-state index in [1.165, 1.54) is 17.4 Å². The highest BCUT2D eigenvalue weighted by Gasteiger charge is 2.13. The van der Waals surface area contributed by atoms with E-state index in [0.717, 1.165) is 27.1 Å². The molecule has 102 valence electrons. The summed E-state index contributed by atoms with van der Waals surface area (Å²) in [5.74, 6) is -1.75. The van der Waals surface area contributed by atoms with Crippen molar-refractivity contribution in [2.45, 2.75) is 12.5 Å². The fraction of sp³-hybridized carbons (Fsp3) is 0.125. The van der Waals surface area contributed by atoms with Crippen molar-refractivity contribution in [2.75, 3.05) is 0 Å². The molecule has 0 aliphatic heterocycles. The van der Waals surface area contributed by atoms with E-state index in [0.29, 0.717) is 5.56 Å². The molecule has 3 aromatic rings. The fourth-order valence-corrected chi connectivity index (χ4v) is 3.21. The molecule has 1 aromatic heterocycles. The summed E-state index contributed by atoms with van der Waals surface area (Å²) in [6.45, 7) is 0. The molecule has 1 heterocycles. The molecule has 1 atom stereocenters. The van der Waals surface area contributed by atoms with Crippen molar-refractivity contribution in [1.29, 1.82) is 0 Å². The molecule has 4 heteroatoms. The smallest absolute Gasteiger partial charge is 0.159 e. The minimum Gasteiger partial charge on any atom is -0.387 e. The second-order valence-corrected chi connectivity index (χ2v) is 5.77. The van der Waals surface area contributed by atoms with Gasteiger partial charge in [0.2, 0.25) is 0 Å². The van der Waals surface area contributed by atoms with Gasteiger partial charge in [-0.05, 0) is 35.2 Å². The first kappa shape index (κ1) is 13.2. The molecular formula is C16H12F2OS. The topological polar surface area (TPSA) is 20.2 Å². The Morgan fingerprint density at radius 1 is 1.00 bits per heavy atom. The lowest BCUT2D eigenvalue weighted by Crippen LogP contribution is -2.00. The number of rotatable bonds is 3. The number of halogens is 2. The van der Waals surface area contributed by atoms with Gasteiger partial charge in [0.15, 0.2) is 11.6 Å². The Bertz CT molecular complexity index is 718. The first-order chi connectivity index (χ1) is 9.63. The summed E-state index contributed by atoms with van der Waals surface area (Å²) in [6.07, 6.45) is -0.443. The van der Waals surface area contributed by atoms with E-state index in [9.17, 15) is 13.9 Å². The van der Waals surface area contributed by atoms with Crippen LogP contribution in [0.4, 0.5) is 8.78 Å². The Morgan fingerprint density at radius 2 is 1.80 bits per heavy atom. The Labute approximate surface area is 119 Å². The number of benzene rings is 2. The van der Waals surface area contributed by atoms with Crippen molar-refractivity contribution in [2.24, 2.45) is 0 Å². The summed E-state index contributed by atoms with van der Waals surface area (Å²) in [5.41, 5.74) is 0.578. The summed E-state index contributed by atoms with van der Waals surface area (Å²) in [6, 6.07) is 13.5. The number of hydrogen-bond donors (Lipinski definition) is 1. The van der Waals surface area contributed by atoms with Gasteiger partial charge in [-0.2, -0.15) is 0 Å². The van der Waals surface area contributed by atoms with Gasteiger partial charge in [0, 0.05) is 16.0 Å². The predicted molar refractivity (Wildman–Crippen MR) is 76.8 cm³/mol. The van der Waals surface area contributed by atoms with E-state index in [1.54, 1.807) is 0 Å². The van der Waals surface area contributed by atoms with Gasteiger partial charge in [0.25, 0.3) is 0 Å². The standard InChI is InChI=1S/C16H12F2OS/c17-12-6-5-10(7-13(12)18)8-14(19)16-9-11-3-1-2-4-15(11)20-16/h1-7,9,14,19H,8H2. The number of fused-ring (bicyclic) bond motifs is 1. The van der Waals surface area contributed by atoms with Crippen LogP contribution in [0.1, 0.15) is 16.5 Å². The van der Waals surface area contributed by atoms with Crippen LogP contribution in [-0.2, 0) is 6.42 Å². The molecule has 20 heavy (non-hydrogen) atoms. The highest BCUT2D eigenvalue weighted by atomic mass is 32.1. The zero-order valence-corrected chi connectivity index (χ0v) is 11.3. The maximum atomic E-state index is 13.1. The van der Waals surface area contributed by atoms with Crippen LogP contribution in [0.3, 0.4) is 0 Å². The predicted octanol–water partition coefficient (Wildman–Crippen LogP) is 4.46. The van der Waals surface area contributed by atoms with Crippen molar-refractivity contribution in [3.05, 3.63) is 70.6 Å². The van der Waals surface area contributed by atoms with E-state index in [2.05, 4.69) is 0 Å². The maximum Gasteiger partial charge on any atom is 0.159 e. The highest BCUT2D eigenvalue weighted by molar-refractivity contribution is 7.19. The molecule has 0 aliphatic rings. The Hall–Kier alpha value is -1.78. The summed E-state index contributed by atoms with van der Waals surface area (Å²) in [4.78, 5) is 0.830. The quantitative estimate of drug-likeness (QED) is 0.755. The van der Waals surface area contributed by atoms with Crippen LogP contribution >= 0.6 is 11.3 Å². The lowest BCUT2D eigenvalue weighted by atomic mass is 10.1. The van der Waals surface area contributed by atoms with E-state index >= 15 is 0 Å². The Balaban J connectivity index is 1.84. The van der Waals surface area contributed by atoms with Gasteiger partial charge in [0.1, 0.15) is 0 Å². The average Bonchev–Trinajstić information content (AvgIpc) is 2.87. The van der Waals surface area contributed by atoms with E-state index in [1.807, 2.05) is 30.3 Å². The molecule has 0 saturated heterocycles. The normalized spacial score (nSPS) is 12.8. The molecule has 0 saturated carbocycles. The number of aliphatic hydroxyl groups excluding tert-OH is 1. The third-order valence-corrected chi connectivity index (χ3v) is 4.40. The van der Waals surface area contributed by atoms with Crippen LogP contribution in [0.5, 0.6) is 0 Å². The number of aliphatic hydroxyl groups is 1. The summed E-state index contributed by atoms with van der Waals surface area (Å²) in [7, 11) is 0. The zero-order chi connectivity index (χ0) is 14.1. The first-order valence-corrected chi connectivity index (χ1v) is 7.05. The van der Waals surface area contributed by atoms with Gasteiger partial charge in [-0.1, -0.05) is 24.3 Å². The van der Waals surface area contributed by atoms with E-state index in [-0.39, 0.29) is 6.42 Å². The molecule has 1 nitrogen and oxygen atoms in total. The van der Waals surface area contributed by atoms with Crippen molar-refractivity contribution in [3.8, 4) is 0 Å². The van der Waals surface area contributed by atoms with Crippen LogP contribution in [0, 0.1) is 11.6 Å². The number of hydrogen-bond acceptors (Lipinski definition) is 2. The van der Waals surface area contributed by atoms with Crippen LogP contribution in [0.25, 0.3) is 10.1 Å². The minimum atomic E-state index is -0.883. The molecule has 3 rings (SSSR count). The van der Waals surface area contributed by atoms with E-state index < -0.39 is 17.7 Å². The molecule has 0 radical (unpaired) electrons. The first-order valence-electron chi connectivity index (χ1n) is 6.24. The largest absolute Gasteiger partial charge is 0.387 e. The molecule has 1 N–H and O–H groups in total. The molecule has 0 aliphatic carbocycles. The molecule has 0 fully saturated rings. The van der Waals surface area contributed by atoms with Crippen molar-refractivity contribution in [3.63, 3.8) is 0 Å². The number of thiophene rings is 1. The summed E-state index contributed by atoms with van der Waals surface area (Å²) in [5, 5.41) is 11.3. The third kappa shape index (κ3) is 2.57. The van der Waals surface area contributed by atoms with Gasteiger partial charge >= 0.3 is 0 Å². The SMILES string of the molecule is OC(Cc1ccc(F)c(F)c1)c1cc2ccccc2s1. The van der Waals surface area contributed by atoms with Gasteiger partial charge in [-0.15, -0.1) is 11.3 Å². The molecular weight excluding hydrogens is 278 g/mol. The minimum absolute atomic E-state index is 0.268. The molecule has 1 unspecified atom stereocenters. The van der Waals surface area contributed by atoms with Crippen molar-refractivity contribution in [1.82, 2.24) is 0 Å². The average molecular weight is 290 g/mol. The van der Waals surface area contributed by atoms with Crippen molar-refractivity contribution < 1.29 is 13.9 Å². The van der Waals surface area contributed by atoms with Crippen molar-refractivity contribution >= 4 is 21.4 Å². The molecule has 0 spiro atoms. The Morgan fingerprint density at radius 3 is 2.55 bits per heavy atom. The van der Waals surface area contributed by atoms with Gasteiger partial charge in [-0.25, -0.2) is 8.78 Å². The lowest BCUT2D eigenvalue weighted by molar-refractivity contribution is 0.182. The van der Waals surface area contributed by atoms with Gasteiger partial charge in [0.05, 0.1) is 6.10 Å². The fourth-order valence-electron chi connectivity index (χ4n) is 2.16. The molecule has 0 bridgehead atoms. The molecule has 0 amide bonds. The third-order valence-electron chi connectivity index (χ3n) is 3.19. The van der Waals surface area contributed by atoms with Crippen LogP contribution < -0.4 is 0 Å². The summed E-state index contributed by atoms with van der Waals surface area (Å²) < 4.78 is 27.1. The van der Waals surface area contributed by atoms with Crippen LogP contribution in [0.2, 0.25) is 0 Å². The lowest BCUT2D eigenvalue weighted by Gasteiger charge is -2.08. The zero-order valence-electron chi connectivity index (χ0n) is 10.5. The maximum absolute atomic E-state index is 13.1. The monoisotopic (exact) mass is 290 g/mol. The highest BCUT2D eigenvalue weighted by Crippen LogP contribution is 2.31. The molecule has 2 aromatic carbocycles.